The van der Waals surface area contributed by atoms with Crippen molar-refractivity contribution in [3.05, 3.63) is 59.9 Å². The largest absolute Gasteiger partial charge is 0.377 e. The van der Waals surface area contributed by atoms with E-state index < -0.39 is 0 Å². The lowest BCUT2D eigenvalue weighted by molar-refractivity contribution is 0.620. The molecule has 1 unspecified atom stereocenters. The average Bonchev–Trinajstić information content (AvgIpc) is 2.46. The summed E-state index contributed by atoms with van der Waals surface area (Å²) in [5.41, 5.74) is 2.11. The van der Waals surface area contributed by atoms with Crippen molar-refractivity contribution in [2.45, 2.75) is 31.2 Å². The Kier molecular flexibility index (Phi) is 5.48. The minimum absolute atomic E-state index is 0.129. The predicted octanol–water partition coefficient (Wildman–Crippen LogP) is 5.50. The molecule has 0 aliphatic rings. The maximum Gasteiger partial charge on any atom is 0.123 e. The molecule has 2 rings (SSSR count). The van der Waals surface area contributed by atoms with E-state index in [1.165, 1.54) is 11.0 Å². The van der Waals surface area contributed by atoms with Gasteiger partial charge in [-0.25, -0.2) is 4.39 Å². The molecule has 1 N–H and O–H groups in total. The van der Waals surface area contributed by atoms with Gasteiger partial charge in [0.05, 0.1) is 6.04 Å². The van der Waals surface area contributed by atoms with Crippen molar-refractivity contribution >= 4 is 17.4 Å². The van der Waals surface area contributed by atoms with Crippen LogP contribution in [0.4, 0.5) is 10.1 Å². The molecule has 0 saturated heterocycles. The SMILES string of the molecule is CCSc1ccccc1NC(CC)c1cccc(F)c1. The highest BCUT2D eigenvalue weighted by Crippen LogP contribution is 2.31. The van der Waals surface area contributed by atoms with Crippen molar-refractivity contribution in [2.75, 3.05) is 11.1 Å². The third kappa shape index (κ3) is 3.76. The third-order valence-corrected chi connectivity index (χ3v) is 4.13. The van der Waals surface area contributed by atoms with E-state index in [9.17, 15) is 4.39 Å². The topological polar surface area (TPSA) is 12.0 Å². The molecule has 3 heteroatoms. The van der Waals surface area contributed by atoms with E-state index in [-0.39, 0.29) is 11.9 Å². The second kappa shape index (κ2) is 7.34. The lowest BCUT2D eigenvalue weighted by Gasteiger charge is -2.20. The zero-order valence-electron chi connectivity index (χ0n) is 11.9. The number of anilines is 1. The maximum atomic E-state index is 13.4. The van der Waals surface area contributed by atoms with Gasteiger partial charge in [-0.1, -0.05) is 38.1 Å². The fourth-order valence-electron chi connectivity index (χ4n) is 2.20. The maximum absolute atomic E-state index is 13.4. The Labute approximate surface area is 124 Å². The molecule has 0 heterocycles. The number of rotatable bonds is 6. The molecule has 0 spiro atoms. The first-order valence-electron chi connectivity index (χ1n) is 6.98. The van der Waals surface area contributed by atoms with E-state index in [2.05, 4.69) is 31.3 Å². The van der Waals surface area contributed by atoms with Crippen LogP contribution in [0.5, 0.6) is 0 Å². The van der Waals surface area contributed by atoms with E-state index in [1.807, 2.05) is 30.0 Å². The zero-order chi connectivity index (χ0) is 14.4. The van der Waals surface area contributed by atoms with E-state index in [1.54, 1.807) is 12.1 Å². The van der Waals surface area contributed by atoms with E-state index in [4.69, 9.17) is 0 Å². The third-order valence-electron chi connectivity index (χ3n) is 3.18. The van der Waals surface area contributed by atoms with Gasteiger partial charge in [0.1, 0.15) is 5.82 Å². The Morgan fingerprint density at radius 1 is 1.10 bits per heavy atom. The molecule has 1 atom stereocenters. The van der Waals surface area contributed by atoms with Crippen LogP contribution in [0, 0.1) is 5.82 Å². The summed E-state index contributed by atoms with van der Waals surface area (Å²) in [7, 11) is 0. The minimum Gasteiger partial charge on any atom is -0.377 e. The first kappa shape index (κ1) is 14.9. The highest BCUT2D eigenvalue weighted by atomic mass is 32.2. The summed E-state index contributed by atoms with van der Waals surface area (Å²) in [6.45, 7) is 4.25. The monoisotopic (exact) mass is 289 g/mol. The normalized spacial score (nSPS) is 12.2. The van der Waals surface area contributed by atoms with Gasteiger partial charge in [0.2, 0.25) is 0 Å². The molecular weight excluding hydrogens is 269 g/mol. The molecule has 0 amide bonds. The number of benzene rings is 2. The van der Waals surface area contributed by atoms with Crippen LogP contribution in [0.2, 0.25) is 0 Å². The summed E-state index contributed by atoms with van der Waals surface area (Å²) in [6, 6.07) is 15.2. The Hall–Kier alpha value is -1.48. The Balaban J connectivity index is 2.22. The average molecular weight is 289 g/mol. The molecule has 106 valence electrons. The summed E-state index contributed by atoms with van der Waals surface area (Å²) in [5, 5.41) is 3.54. The highest BCUT2D eigenvalue weighted by Gasteiger charge is 2.11. The van der Waals surface area contributed by atoms with Crippen molar-refractivity contribution in [3.63, 3.8) is 0 Å². The fourth-order valence-corrected chi connectivity index (χ4v) is 2.97. The van der Waals surface area contributed by atoms with Crippen molar-refractivity contribution in [3.8, 4) is 0 Å². The Morgan fingerprint density at radius 3 is 2.60 bits per heavy atom. The molecule has 0 radical (unpaired) electrons. The van der Waals surface area contributed by atoms with Crippen LogP contribution in [0.25, 0.3) is 0 Å². The number of para-hydroxylation sites is 1. The standard InChI is InChI=1S/C17H20FNS/c1-3-15(13-8-7-9-14(18)12-13)19-16-10-5-6-11-17(16)20-4-2/h5-12,15,19H,3-4H2,1-2H3. The number of halogens is 1. The van der Waals surface area contributed by atoms with Crippen LogP contribution in [-0.2, 0) is 0 Å². The van der Waals surface area contributed by atoms with Crippen molar-refractivity contribution in [2.24, 2.45) is 0 Å². The summed E-state index contributed by atoms with van der Waals surface area (Å²) in [6.07, 6.45) is 0.911. The highest BCUT2D eigenvalue weighted by molar-refractivity contribution is 7.99. The van der Waals surface area contributed by atoms with Gasteiger partial charge in [-0.05, 0) is 42.0 Å². The van der Waals surface area contributed by atoms with Gasteiger partial charge in [0.25, 0.3) is 0 Å². The van der Waals surface area contributed by atoms with Crippen molar-refractivity contribution < 1.29 is 4.39 Å². The van der Waals surface area contributed by atoms with Gasteiger partial charge in [0.15, 0.2) is 0 Å². The first-order chi connectivity index (χ1) is 9.74. The van der Waals surface area contributed by atoms with E-state index in [0.29, 0.717) is 0 Å². The van der Waals surface area contributed by atoms with E-state index >= 15 is 0 Å². The molecule has 0 bridgehead atoms. The fraction of sp³-hybridized carbons (Fsp3) is 0.294. The van der Waals surface area contributed by atoms with Crippen LogP contribution in [-0.4, -0.2) is 5.75 Å². The lowest BCUT2D eigenvalue weighted by Crippen LogP contribution is -2.10. The molecule has 0 aromatic heterocycles. The van der Waals surface area contributed by atoms with Gasteiger partial charge in [0, 0.05) is 10.6 Å². The first-order valence-corrected chi connectivity index (χ1v) is 7.97. The molecule has 0 aliphatic heterocycles. The predicted molar refractivity (Wildman–Crippen MR) is 85.9 cm³/mol. The van der Waals surface area contributed by atoms with Gasteiger partial charge in [-0.2, -0.15) is 0 Å². The zero-order valence-corrected chi connectivity index (χ0v) is 12.7. The summed E-state index contributed by atoms with van der Waals surface area (Å²) >= 11 is 1.82. The second-order valence-electron chi connectivity index (χ2n) is 4.59. The molecule has 2 aromatic rings. The van der Waals surface area contributed by atoms with Crippen LogP contribution < -0.4 is 5.32 Å². The molecule has 0 fully saturated rings. The lowest BCUT2D eigenvalue weighted by atomic mass is 10.0. The summed E-state index contributed by atoms with van der Waals surface area (Å²) in [4.78, 5) is 1.24. The smallest absolute Gasteiger partial charge is 0.123 e. The Bertz CT molecular complexity index is 556. The van der Waals surface area contributed by atoms with Crippen LogP contribution in [0.1, 0.15) is 31.9 Å². The van der Waals surface area contributed by atoms with Crippen molar-refractivity contribution in [1.82, 2.24) is 0 Å². The number of hydrogen-bond acceptors (Lipinski definition) is 2. The molecule has 0 aliphatic carbocycles. The summed E-state index contributed by atoms with van der Waals surface area (Å²) in [5.74, 6) is 0.856. The molecular formula is C17H20FNS. The quantitative estimate of drug-likeness (QED) is 0.705. The number of thioether (sulfide) groups is 1. The Morgan fingerprint density at radius 2 is 1.90 bits per heavy atom. The van der Waals surface area contributed by atoms with Crippen LogP contribution >= 0.6 is 11.8 Å². The van der Waals surface area contributed by atoms with Crippen LogP contribution in [0.15, 0.2) is 53.4 Å². The van der Waals surface area contributed by atoms with Gasteiger partial charge in [-0.15, -0.1) is 11.8 Å². The molecule has 2 aromatic carbocycles. The molecule has 20 heavy (non-hydrogen) atoms. The second-order valence-corrected chi connectivity index (χ2v) is 5.90. The molecule has 0 saturated carbocycles. The van der Waals surface area contributed by atoms with Gasteiger partial charge >= 0.3 is 0 Å². The number of nitrogens with one attached hydrogen (secondary N) is 1. The summed E-state index contributed by atoms with van der Waals surface area (Å²) < 4.78 is 13.4. The minimum atomic E-state index is -0.182. The van der Waals surface area contributed by atoms with Gasteiger partial charge in [-0.3, -0.25) is 0 Å². The van der Waals surface area contributed by atoms with E-state index in [0.717, 1.165) is 23.4 Å². The van der Waals surface area contributed by atoms with Gasteiger partial charge < -0.3 is 5.32 Å². The number of hydrogen-bond donors (Lipinski definition) is 1. The van der Waals surface area contributed by atoms with Crippen LogP contribution in [0.3, 0.4) is 0 Å². The van der Waals surface area contributed by atoms with Crippen molar-refractivity contribution in [1.29, 1.82) is 0 Å². The molecule has 1 nitrogen and oxygen atoms in total.